The third-order valence-electron chi connectivity index (χ3n) is 7.95. The van der Waals surface area contributed by atoms with E-state index in [2.05, 4.69) is 36.5 Å². The van der Waals surface area contributed by atoms with Crippen LogP contribution in [-0.2, 0) is 14.3 Å². The first kappa shape index (κ1) is 23.4. The summed E-state index contributed by atoms with van der Waals surface area (Å²) in [5.74, 6) is -0.852. The van der Waals surface area contributed by atoms with Gasteiger partial charge in [-0.1, -0.05) is 61.9 Å². The minimum absolute atomic E-state index is 0.00222. The lowest BCUT2D eigenvalue weighted by atomic mass is 9.88. The summed E-state index contributed by atoms with van der Waals surface area (Å²) in [7, 11) is 0. The maximum Gasteiger partial charge on any atom is 0.407 e. The third-order valence-corrected chi connectivity index (χ3v) is 7.95. The number of hydrogen-bond acceptors (Lipinski definition) is 4. The van der Waals surface area contributed by atoms with E-state index >= 15 is 0 Å². The molecule has 4 atom stereocenters. The first-order chi connectivity index (χ1) is 17.0. The number of nitrogens with one attached hydrogen (secondary N) is 1. The number of ether oxygens (including phenoxy) is 1. The minimum atomic E-state index is -0.925. The number of piperidine rings is 1. The Labute approximate surface area is 205 Å². The van der Waals surface area contributed by atoms with Crippen LogP contribution >= 0.6 is 0 Å². The van der Waals surface area contributed by atoms with Crippen LogP contribution in [0.25, 0.3) is 11.1 Å². The van der Waals surface area contributed by atoms with Crippen molar-refractivity contribution in [2.75, 3.05) is 19.7 Å². The molecule has 7 nitrogen and oxygen atoms in total. The lowest BCUT2D eigenvalue weighted by molar-refractivity contribution is -0.154. The number of likely N-dealkylation sites (tertiary alicyclic amines) is 1. The van der Waals surface area contributed by atoms with E-state index in [1.165, 1.54) is 11.1 Å². The van der Waals surface area contributed by atoms with Gasteiger partial charge < -0.3 is 20.1 Å². The zero-order valence-corrected chi connectivity index (χ0v) is 20.0. The fourth-order valence-electron chi connectivity index (χ4n) is 5.76. The molecule has 7 heteroatoms. The van der Waals surface area contributed by atoms with E-state index in [-0.39, 0.29) is 30.3 Å². The number of benzene rings is 2. The molecule has 4 unspecified atom stereocenters. The maximum absolute atomic E-state index is 13.0. The summed E-state index contributed by atoms with van der Waals surface area (Å²) < 4.78 is 5.58. The molecule has 0 radical (unpaired) electrons. The summed E-state index contributed by atoms with van der Waals surface area (Å²) in [6.45, 7) is 3.17. The lowest BCUT2D eigenvalue weighted by Crippen LogP contribution is -2.50. The topological polar surface area (TPSA) is 95.9 Å². The Kier molecular flexibility index (Phi) is 6.50. The molecule has 1 aliphatic heterocycles. The normalized spacial score (nSPS) is 24.9. The van der Waals surface area contributed by atoms with Crippen molar-refractivity contribution in [1.82, 2.24) is 10.2 Å². The highest BCUT2D eigenvalue weighted by Crippen LogP contribution is 2.44. The maximum atomic E-state index is 13.0. The second-order valence-electron chi connectivity index (χ2n) is 9.99. The second kappa shape index (κ2) is 9.72. The van der Waals surface area contributed by atoms with Crippen LogP contribution in [0.2, 0.25) is 0 Å². The number of aliphatic carboxylic acids is 1. The molecule has 2 aromatic rings. The first-order valence-electron chi connectivity index (χ1n) is 12.6. The molecule has 0 bridgehead atoms. The molecule has 3 aliphatic rings. The summed E-state index contributed by atoms with van der Waals surface area (Å²) in [5.41, 5.74) is 4.68. The zero-order chi connectivity index (χ0) is 24.5. The number of rotatable bonds is 7. The summed E-state index contributed by atoms with van der Waals surface area (Å²) in [5, 5.41) is 12.4. The van der Waals surface area contributed by atoms with E-state index in [1.54, 1.807) is 4.90 Å². The summed E-state index contributed by atoms with van der Waals surface area (Å²) in [6.07, 6.45) is 2.48. The van der Waals surface area contributed by atoms with Gasteiger partial charge in [-0.05, 0) is 53.4 Å². The Hall–Kier alpha value is -3.35. The molecule has 2 N–H and O–H groups in total. The zero-order valence-electron chi connectivity index (χ0n) is 20.0. The largest absolute Gasteiger partial charge is 0.480 e. The SMILES string of the molecule is CCC1CCN(C(=O)C2CC2CNC(=O)OCC2c3ccccc3-c3ccccc32)C(C(=O)O)C1. The molecule has 2 aliphatic carbocycles. The quantitative estimate of drug-likeness (QED) is 0.622. The number of carboxylic acids is 1. The molecule has 1 saturated carbocycles. The molecule has 184 valence electrons. The fourth-order valence-corrected chi connectivity index (χ4v) is 5.76. The molecular formula is C28H32N2O5. The van der Waals surface area contributed by atoms with Gasteiger partial charge in [-0.15, -0.1) is 0 Å². The molecule has 1 heterocycles. The van der Waals surface area contributed by atoms with Crippen LogP contribution in [0, 0.1) is 17.8 Å². The monoisotopic (exact) mass is 476 g/mol. The van der Waals surface area contributed by atoms with Crippen molar-refractivity contribution < 1.29 is 24.2 Å². The van der Waals surface area contributed by atoms with Crippen LogP contribution < -0.4 is 5.32 Å². The molecule has 35 heavy (non-hydrogen) atoms. The van der Waals surface area contributed by atoms with Gasteiger partial charge >= 0.3 is 12.1 Å². The summed E-state index contributed by atoms with van der Waals surface area (Å²) >= 11 is 0. The molecule has 5 rings (SSSR count). The van der Waals surface area contributed by atoms with Gasteiger partial charge in [0.15, 0.2) is 0 Å². The molecule has 2 fully saturated rings. The predicted octanol–water partition coefficient (Wildman–Crippen LogP) is 4.26. The van der Waals surface area contributed by atoms with Crippen molar-refractivity contribution in [3.8, 4) is 11.1 Å². The van der Waals surface area contributed by atoms with Gasteiger partial charge in [-0.2, -0.15) is 0 Å². The van der Waals surface area contributed by atoms with Crippen molar-refractivity contribution >= 4 is 18.0 Å². The van der Waals surface area contributed by atoms with Crippen molar-refractivity contribution in [1.29, 1.82) is 0 Å². The number of alkyl carbamates (subject to hydrolysis) is 1. The molecule has 2 amide bonds. The minimum Gasteiger partial charge on any atom is -0.480 e. The number of carbonyl (C=O) groups excluding carboxylic acids is 2. The highest BCUT2D eigenvalue weighted by atomic mass is 16.5. The summed E-state index contributed by atoms with van der Waals surface area (Å²) in [6, 6.07) is 15.6. The van der Waals surface area contributed by atoms with Gasteiger partial charge in [-0.25, -0.2) is 9.59 Å². The van der Waals surface area contributed by atoms with Crippen LogP contribution in [0.15, 0.2) is 48.5 Å². The fraction of sp³-hybridized carbons (Fsp3) is 0.464. The van der Waals surface area contributed by atoms with Crippen molar-refractivity contribution in [3.63, 3.8) is 0 Å². The van der Waals surface area contributed by atoms with E-state index in [9.17, 15) is 19.5 Å². The Morgan fingerprint density at radius 2 is 1.69 bits per heavy atom. The van der Waals surface area contributed by atoms with Crippen LogP contribution in [0.1, 0.15) is 49.7 Å². The van der Waals surface area contributed by atoms with E-state index < -0.39 is 18.1 Å². The third kappa shape index (κ3) is 4.64. The Balaban J connectivity index is 1.12. The van der Waals surface area contributed by atoms with E-state index in [1.807, 2.05) is 24.3 Å². The number of fused-ring (bicyclic) bond motifs is 3. The van der Waals surface area contributed by atoms with Crippen molar-refractivity contribution in [3.05, 3.63) is 59.7 Å². The van der Waals surface area contributed by atoms with Crippen molar-refractivity contribution in [2.24, 2.45) is 17.8 Å². The summed E-state index contributed by atoms with van der Waals surface area (Å²) in [4.78, 5) is 38.7. The van der Waals surface area contributed by atoms with Gasteiger partial charge in [0, 0.05) is 24.9 Å². The highest BCUT2D eigenvalue weighted by Gasteiger charge is 2.48. The van der Waals surface area contributed by atoms with Crippen LogP contribution in [0.4, 0.5) is 4.79 Å². The van der Waals surface area contributed by atoms with Crippen LogP contribution in [0.5, 0.6) is 0 Å². The van der Waals surface area contributed by atoms with Gasteiger partial charge in [-0.3, -0.25) is 4.79 Å². The number of amides is 2. The van der Waals surface area contributed by atoms with E-state index in [4.69, 9.17) is 4.74 Å². The number of carbonyl (C=O) groups is 3. The van der Waals surface area contributed by atoms with E-state index in [0.717, 1.165) is 24.0 Å². The molecular weight excluding hydrogens is 444 g/mol. The van der Waals surface area contributed by atoms with Crippen LogP contribution in [0.3, 0.4) is 0 Å². The second-order valence-corrected chi connectivity index (χ2v) is 9.99. The Morgan fingerprint density at radius 1 is 1.03 bits per heavy atom. The van der Waals surface area contributed by atoms with Crippen molar-refractivity contribution in [2.45, 2.75) is 44.6 Å². The standard InChI is InChI=1S/C28H32N2O5/c1-2-17-11-12-30(25(13-17)27(32)33)26(31)23-14-18(23)15-29-28(34)35-16-24-21-9-5-3-7-19(21)20-8-4-6-10-22(20)24/h3-10,17-18,23-25H,2,11-16H2,1H3,(H,29,34)(H,32,33). The predicted molar refractivity (Wildman–Crippen MR) is 131 cm³/mol. The first-order valence-corrected chi connectivity index (χ1v) is 12.6. The molecule has 0 aromatic heterocycles. The highest BCUT2D eigenvalue weighted by molar-refractivity contribution is 5.87. The van der Waals surface area contributed by atoms with Gasteiger partial charge in [0.05, 0.1) is 0 Å². The molecule has 2 aromatic carbocycles. The Morgan fingerprint density at radius 3 is 2.31 bits per heavy atom. The van der Waals surface area contributed by atoms with E-state index in [0.29, 0.717) is 31.8 Å². The molecule has 0 spiro atoms. The molecule has 1 saturated heterocycles. The number of nitrogens with zero attached hydrogens (tertiary/aromatic N) is 1. The number of carboxylic acid groups (broad SMARTS) is 1. The lowest BCUT2D eigenvalue weighted by Gasteiger charge is -2.37. The Bertz CT molecular complexity index is 1090. The average molecular weight is 477 g/mol. The van der Waals surface area contributed by atoms with Gasteiger partial charge in [0.2, 0.25) is 5.91 Å². The average Bonchev–Trinajstić information content (AvgIpc) is 3.60. The van der Waals surface area contributed by atoms with Crippen LogP contribution in [-0.4, -0.2) is 53.7 Å². The van der Waals surface area contributed by atoms with Gasteiger partial charge in [0.1, 0.15) is 12.6 Å². The smallest absolute Gasteiger partial charge is 0.407 e. The van der Waals surface area contributed by atoms with Gasteiger partial charge in [0.25, 0.3) is 0 Å². The number of hydrogen-bond donors (Lipinski definition) is 2.